The van der Waals surface area contributed by atoms with Gasteiger partial charge in [0.15, 0.2) is 0 Å². The first-order valence-corrected chi connectivity index (χ1v) is 9.07. The molecule has 5 fully saturated rings. The van der Waals surface area contributed by atoms with E-state index in [4.69, 9.17) is 0 Å². The number of rotatable bonds is 1. The number of hydrogen-bond donors (Lipinski definition) is 0. The predicted molar refractivity (Wildman–Crippen MR) is 87.2 cm³/mol. The second kappa shape index (κ2) is 3.95. The molecule has 0 aromatic heterocycles. The highest BCUT2D eigenvalue weighted by Gasteiger charge is 2.58. The fourth-order valence-electron chi connectivity index (χ4n) is 4.67. The molecule has 0 aromatic carbocycles. The Morgan fingerprint density at radius 1 is 0.765 bits per heavy atom. The van der Waals surface area contributed by atoms with Gasteiger partial charge in [-0.25, -0.2) is 0 Å². The van der Waals surface area contributed by atoms with Crippen LogP contribution in [0.3, 0.4) is 0 Å². The number of hydrogen-bond acceptors (Lipinski definition) is 2. The van der Waals surface area contributed by atoms with Crippen molar-refractivity contribution in [3.8, 4) is 0 Å². The van der Waals surface area contributed by atoms with Crippen LogP contribution >= 0.6 is 45.2 Å². The lowest BCUT2D eigenvalue weighted by Gasteiger charge is -2.55. The van der Waals surface area contributed by atoms with Crippen LogP contribution in [0.15, 0.2) is 0 Å². The van der Waals surface area contributed by atoms with E-state index in [-0.39, 0.29) is 0 Å². The van der Waals surface area contributed by atoms with Crippen LogP contribution in [0.5, 0.6) is 0 Å². The SMILES string of the molecule is IC12CCN(CC1)CC2C1CN2CCC1(I)C2. The number of nitrogens with zero attached hydrogens (tertiary/aromatic N) is 2. The molecule has 4 heteroatoms. The largest absolute Gasteiger partial charge is 0.303 e. The smallest absolute Gasteiger partial charge is 0.0405 e. The van der Waals surface area contributed by atoms with Crippen molar-refractivity contribution in [2.24, 2.45) is 11.8 Å². The molecular weight excluding hydrogens is 438 g/mol. The first-order valence-electron chi connectivity index (χ1n) is 6.92. The number of alkyl halides is 2. The summed E-state index contributed by atoms with van der Waals surface area (Å²) in [6.45, 7) is 8.26. The molecule has 17 heavy (non-hydrogen) atoms. The Bertz CT molecular complexity index is 340. The Labute approximate surface area is 131 Å². The summed E-state index contributed by atoms with van der Waals surface area (Å²) in [4.78, 5) is 5.45. The monoisotopic (exact) mass is 458 g/mol. The van der Waals surface area contributed by atoms with Crippen LogP contribution in [-0.2, 0) is 0 Å². The molecule has 4 atom stereocenters. The van der Waals surface area contributed by atoms with Gasteiger partial charge in [0.05, 0.1) is 0 Å². The molecule has 5 heterocycles. The van der Waals surface area contributed by atoms with E-state index in [2.05, 4.69) is 55.0 Å². The second-order valence-electron chi connectivity index (χ2n) is 6.57. The zero-order chi connectivity index (χ0) is 11.7. The zero-order valence-electron chi connectivity index (χ0n) is 10.2. The fourth-order valence-corrected chi connectivity index (χ4v) is 7.14. The molecule has 0 amide bonds. The van der Waals surface area contributed by atoms with Gasteiger partial charge in [0, 0.05) is 26.5 Å². The number of piperidine rings is 4. The van der Waals surface area contributed by atoms with E-state index in [1.54, 1.807) is 0 Å². The van der Waals surface area contributed by atoms with Crippen LogP contribution < -0.4 is 0 Å². The van der Waals surface area contributed by atoms with Crippen molar-refractivity contribution < 1.29 is 0 Å². The maximum atomic E-state index is 2.84. The summed E-state index contributed by atoms with van der Waals surface area (Å²) in [6.07, 6.45) is 4.34. The van der Waals surface area contributed by atoms with Crippen LogP contribution in [0.4, 0.5) is 0 Å². The Hall–Kier alpha value is 1.38. The van der Waals surface area contributed by atoms with Gasteiger partial charge in [0.2, 0.25) is 0 Å². The standard InChI is InChI=1S/C13H20I2N2/c14-12-1-4-16(5-2-12)7-10(12)11-8-17-6-3-13(11,15)9-17/h10-11H,1-9H2. The maximum Gasteiger partial charge on any atom is 0.0405 e. The first-order chi connectivity index (χ1) is 8.09. The Balaban J connectivity index is 1.63. The quantitative estimate of drug-likeness (QED) is 0.440. The lowest BCUT2D eigenvalue weighted by Crippen LogP contribution is -2.60. The van der Waals surface area contributed by atoms with Crippen LogP contribution in [0.25, 0.3) is 0 Å². The lowest BCUT2D eigenvalue weighted by molar-refractivity contribution is 0.0405. The fraction of sp³-hybridized carbons (Fsp3) is 1.00. The molecule has 0 N–H and O–H groups in total. The van der Waals surface area contributed by atoms with Crippen LogP contribution in [0.2, 0.25) is 0 Å². The van der Waals surface area contributed by atoms with Crippen molar-refractivity contribution in [3.63, 3.8) is 0 Å². The highest BCUT2D eigenvalue weighted by atomic mass is 127. The summed E-state index contributed by atoms with van der Waals surface area (Å²) in [7, 11) is 0. The van der Waals surface area contributed by atoms with Crippen molar-refractivity contribution in [1.29, 1.82) is 0 Å². The van der Waals surface area contributed by atoms with Crippen LogP contribution in [-0.4, -0.2) is 55.9 Å². The molecule has 5 aliphatic rings. The minimum atomic E-state index is 0.624. The van der Waals surface area contributed by atoms with E-state index in [1.807, 2.05) is 0 Å². The van der Waals surface area contributed by atoms with Crippen molar-refractivity contribution in [3.05, 3.63) is 0 Å². The minimum absolute atomic E-state index is 0.624. The van der Waals surface area contributed by atoms with Gasteiger partial charge >= 0.3 is 0 Å². The van der Waals surface area contributed by atoms with E-state index in [0.29, 0.717) is 6.84 Å². The zero-order valence-corrected chi connectivity index (χ0v) is 14.5. The van der Waals surface area contributed by atoms with Gasteiger partial charge in [-0.1, -0.05) is 45.2 Å². The molecule has 5 saturated heterocycles. The van der Waals surface area contributed by atoms with E-state index in [0.717, 1.165) is 11.8 Å². The van der Waals surface area contributed by atoms with Crippen molar-refractivity contribution >= 4 is 45.2 Å². The normalized spacial score (nSPS) is 61.1. The summed E-state index contributed by atoms with van der Waals surface area (Å²) in [6, 6.07) is 0. The van der Waals surface area contributed by atoms with Crippen LogP contribution in [0.1, 0.15) is 19.3 Å². The Morgan fingerprint density at radius 2 is 1.29 bits per heavy atom. The van der Waals surface area contributed by atoms with Gasteiger partial charge < -0.3 is 9.80 Å². The summed E-state index contributed by atoms with van der Waals surface area (Å²) in [5, 5.41) is 0. The summed E-state index contributed by atoms with van der Waals surface area (Å²) in [5.74, 6) is 1.93. The van der Waals surface area contributed by atoms with Crippen molar-refractivity contribution in [1.82, 2.24) is 9.80 Å². The van der Waals surface area contributed by atoms with Gasteiger partial charge in [-0.2, -0.15) is 0 Å². The van der Waals surface area contributed by atoms with Gasteiger partial charge in [-0.3, -0.25) is 0 Å². The summed E-state index contributed by atoms with van der Waals surface area (Å²) < 4.78 is 1.26. The molecule has 96 valence electrons. The molecule has 5 aliphatic heterocycles. The molecule has 4 bridgehead atoms. The molecular formula is C13H20I2N2. The summed E-state index contributed by atoms with van der Waals surface area (Å²) in [5.41, 5.74) is 0. The van der Waals surface area contributed by atoms with E-state index in [1.165, 1.54) is 58.5 Å². The minimum Gasteiger partial charge on any atom is -0.303 e. The average molecular weight is 458 g/mol. The highest BCUT2D eigenvalue weighted by Crippen LogP contribution is 2.55. The molecule has 2 nitrogen and oxygen atoms in total. The Kier molecular flexibility index (Phi) is 2.82. The second-order valence-corrected chi connectivity index (χ2v) is 10.9. The molecule has 5 rings (SSSR count). The van der Waals surface area contributed by atoms with Gasteiger partial charge in [0.1, 0.15) is 0 Å². The molecule has 0 spiro atoms. The van der Waals surface area contributed by atoms with Crippen molar-refractivity contribution in [2.75, 3.05) is 39.3 Å². The highest BCUT2D eigenvalue weighted by molar-refractivity contribution is 14.1. The maximum absolute atomic E-state index is 2.84. The third-order valence-electron chi connectivity index (χ3n) is 5.74. The number of fused-ring (bicyclic) bond motifs is 5. The molecule has 0 radical (unpaired) electrons. The topological polar surface area (TPSA) is 6.48 Å². The van der Waals surface area contributed by atoms with Gasteiger partial charge in [-0.05, 0) is 50.7 Å². The average Bonchev–Trinajstić information content (AvgIpc) is 2.84. The van der Waals surface area contributed by atoms with E-state index >= 15 is 0 Å². The van der Waals surface area contributed by atoms with Crippen LogP contribution in [0, 0.1) is 11.8 Å². The number of halogens is 2. The third kappa shape index (κ3) is 1.76. The first kappa shape index (κ1) is 12.1. The van der Waals surface area contributed by atoms with Gasteiger partial charge in [0.25, 0.3) is 0 Å². The molecule has 0 saturated carbocycles. The molecule has 4 unspecified atom stereocenters. The van der Waals surface area contributed by atoms with E-state index in [9.17, 15) is 0 Å². The van der Waals surface area contributed by atoms with E-state index < -0.39 is 0 Å². The lowest BCUT2D eigenvalue weighted by atomic mass is 9.68. The summed E-state index contributed by atoms with van der Waals surface area (Å²) >= 11 is 5.66. The third-order valence-corrected chi connectivity index (χ3v) is 9.30. The Morgan fingerprint density at radius 3 is 1.82 bits per heavy atom. The van der Waals surface area contributed by atoms with Gasteiger partial charge in [-0.15, -0.1) is 0 Å². The molecule has 0 aliphatic carbocycles. The van der Waals surface area contributed by atoms with Crippen molar-refractivity contribution in [2.45, 2.75) is 26.1 Å². The molecule has 0 aromatic rings. The predicted octanol–water partition coefficient (Wildman–Crippen LogP) is 2.40.